The van der Waals surface area contributed by atoms with E-state index in [0.29, 0.717) is 72.8 Å². The number of nitrogens with zero attached hydrogens (tertiary/aromatic N) is 5. The average molecular weight is 647 g/mol. The summed E-state index contributed by atoms with van der Waals surface area (Å²) in [6.07, 6.45) is 3.39. The molecule has 3 aromatic rings. The number of rotatable bonds is 9. The van der Waals surface area contributed by atoms with Gasteiger partial charge in [0.05, 0.1) is 44.3 Å². The van der Waals surface area contributed by atoms with Crippen molar-refractivity contribution in [2.45, 2.75) is 36.4 Å². The predicted octanol–water partition coefficient (Wildman–Crippen LogP) is 2.72. The summed E-state index contributed by atoms with van der Waals surface area (Å²) in [6.45, 7) is 6.42. The molecular formula is C33H38N6O6S. The Balaban J connectivity index is 1.56. The molecule has 2 fully saturated rings. The van der Waals surface area contributed by atoms with Crippen molar-refractivity contribution < 1.29 is 27.4 Å². The molecule has 1 N–H and O–H groups in total. The van der Waals surface area contributed by atoms with Crippen molar-refractivity contribution in [2.24, 2.45) is 0 Å². The minimum Gasteiger partial charge on any atom is -0.497 e. The molecule has 12 nitrogen and oxygen atoms in total. The Morgan fingerprint density at radius 3 is 2.33 bits per heavy atom. The molecule has 4 heterocycles. The summed E-state index contributed by atoms with van der Waals surface area (Å²) in [7, 11) is -1.52. The zero-order valence-electron chi connectivity index (χ0n) is 26.2. The number of benzene rings is 2. The number of sulfonamides is 1. The van der Waals surface area contributed by atoms with Crippen LogP contribution in [-0.4, -0.2) is 95.2 Å². The van der Waals surface area contributed by atoms with Gasteiger partial charge in [-0.15, -0.1) is 0 Å². The van der Waals surface area contributed by atoms with E-state index >= 15 is 4.79 Å². The maximum atomic E-state index is 15.3. The lowest BCUT2D eigenvalue weighted by molar-refractivity contribution is -0.128. The topological polar surface area (TPSA) is 137 Å². The summed E-state index contributed by atoms with van der Waals surface area (Å²) in [4.78, 5) is 24.0. The van der Waals surface area contributed by atoms with Gasteiger partial charge in [0.2, 0.25) is 0 Å². The summed E-state index contributed by atoms with van der Waals surface area (Å²) in [5, 5.41) is 13.1. The number of amides is 1. The highest BCUT2D eigenvalue weighted by Gasteiger charge is 2.61. The fourth-order valence-corrected chi connectivity index (χ4v) is 8.33. The summed E-state index contributed by atoms with van der Waals surface area (Å²) in [5.41, 5.74) is -0.357. The zero-order valence-corrected chi connectivity index (χ0v) is 27.0. The van der Waals surface area contributed by atoms with Crippen LogP contribution in [0.15, 0.2) is 59.8 Å². The predicted molar refractivity (Wildman–Crippen MR) is 171 cm³/mol. The molecule has 3 aliphatic heterocycles. The molecular weight excluding hydrogens is 608 g/mol. The monoisotopic (exact) mass is 646 g/mol. The lowest BCUT2D eigenvalue weighted by atomic mass is 9.80. The number of fused-ring (bicyclic) bond motifs is 1. The second-order valence-electron chi connectivity index (χ2n) is 11.5. The summed E-state index contributed by atoms with van der Waals surface area (Å²) >= 11 is 0. The molecule has 1 amide bonds. The van der Waals surface area contributed by atoms with E-state index in [4.69, 9.17) is 14.2 Å². The number of hydrogen-bond donors (Lipinski definition) is 1. The van der Waals surface area contributed by atoms with Crippen molar-refractivity contribution in [3.05, 3.63) is 71.4 Å². The van der Waals surface area contributed by atoms with Gasteiger partial charge in [-0.1, -0.05) is 0 Å². The lowest BCUT2D eigenvalue weighted by Gasteiger charge is -2.47. The average Bonchev–Trinajstić information content (AvgIpc) is 3.37. The molecule has 0 spiro atoms. The van der Waals surface area contributed by atoms with E-state index in [1.54, 1.807) is 24.3 Å². The number of piperidine rings is 1. The largest absolute Gasteiger partial charge is 0.497 e. The first-order valence-electron chi connectivity index (χ1n) is 15.4. The maximum Gasteiger partial charge on any atom is 0.288 e. The SMILES string of the molecule is CCOc1ccc(OC)cc1C1(N2CCN(C3CCNCC3)CC2)C(=O)N(S(=O)(=O)c2ccc(OC)cn2)c2ccc(C#N)cc21. The van der Waals surface area contributed by atoms with Crippen LogP contribution >= 0.6 is 0 Å². The normalized spacial score (nSPS) is 21.1. The van der Waals surface area contributed by atoms with Crippen molar-refractivity contribution >= 4 is 21.6 Å². The molecule has 0 aliphatic carbocycles. The zero-order chi connectivity index (χ0) is 32.5. The number of piperazine rings is 1. The quantitative estimate of drug-likeness (QED) is 0.367. The van der Waals surface area contributed by atoms with Crippen LogP contribution in [0.4, 0.5) is 5.69 Å². The number of carbonyl (C=O) groups excluding carboxylic acids is 1. The molecule has 2 saturated heterocycles. The van der Waals surface area contributed by atoms with Crippen LogP contribution in [0.2, 0.25) is 0 Å². The van der Waals surface area contributed by atoms with E-state index in [1.807, 2.05) is 11.8 Å². The highest BCUT2D eigenvalue weighted by molar-refractivity contribution is 7.93. The van der Waals surface area contributed by atoms with E-state index in [9.17, 15) is 13.7 Å². The van der Waals surface area contributed by atoms with Crippen LogP contribution in [0.1, 0.15) is 36.5 Å². The van der Waals surface area contributed by atoms with Crippen molar-refractivity contribution in [1.82, 2.24) is 20.1 Å². The van der Waals surface area contributed by atoms with Crippen molar-refractivity contribution in [3.63, 3.8) is 0 Å². The number of aromatic nitrogens is 1. The first kappa shape index (κ1) is 31.7. The number of carbonyl (C=O) groups is 1. The Bertz CT molecular complexity index is 1750. The van der Waals surface area contributed by atoms with E-state index in [0.717, 1.165) is 30.2 Å². The smallest absolute Gasteiger partial charge is 0.288 e. The van der Waals surface area contributed by atoms with Crippen LogP contribution in [0.5, 0.6) is 17.2 Å². The summed E-state index contributed by atoms with van der Waals surface area (Å²) in [6, 6.07) is 15.3. The molecule has 3 aliphatic rings. The van der Waals surface area contributed by atoms with Crippen LogP contribution in [0.3, 0.4) is 0 Å². The molecule has 1 atom stereocenters. The molecule has 6 rings (SSSR count). The molecule has 0 radical (unpaired) electrons. The molecule has 1 unspecified atom stereocenters. The van der Waals surface area contributed by atoms with Gasteiger partial charge in [0.1, 0.15) is 17.2 Å². The Morgan fingerprint density at radius 2 is 1.70 bits per heavy atom. The van der Waals surface area contributed by atoms with Gasteiger partial charge < -0.3 is 19.5 Å². The number of pyridine rings is 1. The van der Waals surface area contributed by atoms with Crippen LogP contribution in [0.25, 0.3) is 0 Å². The third-order valence-electron chi connectivity index (χ3n) is 9.17. The highest BCUT2D eigenvalue weighted by atomic mass is 32.2. The van der Waals surface area contributed by atoms with Crippen LogP contribution < -0.4 is 23.8 Å². The Kier molecular flexibility index (Phi) is 8.89. The summed E-state index contributed by atoms with van der Waals surface area (Å²) < 4.78 is 46.6. The fraction of sp³-hybridized carbons (Fsp3) is 0.424. The maximum absolute atomic E-state index is 15.3. The Hall–Kier alpha value is -4.22. The minimum atomic E-state index is -4.51. The minimum absolute atomic E-state index is 0.160. The van der Waals surface area contributed by atoms with E-state index < -0.39 is 21.5 Å². The fourth-order valence-electron chi connectivity index (χ4n) is 6.95. The van der Waals surface area contributed by atoms with Gasteiger partial charge in [-0.2, -0.15) is 18.0 Å². The summed E-state index contributed by atoms with van der Waals surface area (Å²) in [5.74, 6) is 0.590. The molecule has 2 aromatic carbocycles. The number of anilines is 1. The number of methoxy groups -OCH3 is 2. The molecule has 1 aromatic heterocycles. The Morgan fingerprint density at radius 1 is 0.978 bits per heavy atom. The van der Waals surface area contributed by atoms with Crippen LogP contribution in [0, 0.1) is 11.3 Å². The van der Waals surface area contributed by atoms with Gasteiger partial charge in [0.25, 0.3) is 15.9 Å². The van der Waals surface area contributed by atoms with Crippen molar-refractivity contribution in [2.75, 3.05) is 64.4 Å². The standard InChI is InChI=1S/C33H38N6O6S/c1-4-45-30-9-6-25(43-2)20-28(30)33(38-17-15-37(16-18-38)24-11-13-35-14-12-24)27-19-23(21-34)5-8-29(27)39(32(33)40)46(41,42)31-10-7-26(44-3)22-36-31/h5-10,19-20,22,24,35H,4,11-18H2,1-3H3. The highest BCUT2D eigenvalue weighted by Crippen LogP contribution is 2.53. The first-order chi connectivity index (χ1) is 22.3. The lowest BCUT2D eigenvalue weighted by Crippen LogP contribution is -2.62. The first-order valence-corrected chi connectivity index (χ1v) is 16.9. The second kappa shape index (κ2) is 12.9. The van der Waals surface area contributed by atoms with Gasteiger partial charge in [-0.3, -0.25) is 14.6 Å². The molecule has 0 bridgehead atoms. The molecule has 13 heteroatoms. The van der Waals surface area contributed by atoms with Gasteiger partial charge in [-0.25, -0.2) is 4.98 Å². The molecule has 0 saturated carbocycles. The number of nitriles is 1. The number of hydrogen-bond acceptors (Lipinski definition) is 11. The third-order valence-corrected chi connectivity index (χ3v) is 10.8. The van der Waals surface area contributed by atoms with E-state index in [-0.39, 0.29) is 10.7 Å². The molecule has 46 heavy (non-hydrogen) atoms. The van der Waals surface area contributed by atoms with Gasteiger partial charge >= 0.3 is 0 Å². The number of ether oxygens (including phenoxy) is 3. The van der Waals surface area contributed by atoms with Crippen molar-refractivity contribution in [3.8, 4) is 23.3 Å². The van der Waals surface area contributed by atoms with E-state index in [1.165, 1.54) is 44.7 Å². The Labute approximate surface area is 269 Å². The molecule has 242 valence electrons. The van der Waals surface area contributed by atoms with Gasteiger partial charge in [-0.05, 0) is 81.4 Å². The number of nitrogens with one attached hydrogen (secondary N) is 1. The van der Waals surface area contributed by atoms with Crippen molar-refractivity contribution in [1.29, 1.82) is 5.26 Å². The van der Waals surface area contributed by atoms with E-state index in [2.05, 4.69) is 21.3 Å². The van der Waals surface area contributed by atoms with Crippen LogP contribution in [-0.2, 0) is 20.4 Å². The van der Waals surface area contributed by atoms with Gasteiger partial charge in [0.15, 0.2) is 10.6 Å². The second-order valence-corrected chi connectivity index (χ2v) is 13.2. The third kappa shape index (κ3) is 5.25. The van der Waals surface area contributed by atoms with Gasteiger partial charge in [0, 0.05) is 43.3 Å².